The molecule has 0 radical (unpaired) electrons. The van der Waals surface area contributed by atoms with E-state index in [1.54, 1.807) is 21.0 Å². The van der Waals surface area contributed by atoms with Crippen LogP contribution >= 0.6 is 24.0 Å². The molecule has 0 spiro atoms. The zero-order valence-electron chi connectivity index (χ0n) is 15.2. The molecule has 1 N–H and O–H groups in total. The van der Waals surface area contributed by atoms with Crippen LogP contribution in [0.25, 0.3) is 0 Å². The van der Waals surface area contributed by atoms with Gasteiger partial charge in [-0.2, -0.15) is 0 Å². The van der Waals surface area contributed by atoms with Gasteiger partial charge in [-0.05, 0) is 25.5 Å². The van der Waals surface area contributed by atoms with Gasteiger partial charge in [-0.3, -0.25) is 4.99 Å². The molecular weight excluding hydrogens is 441 g/mol. The number of nitrogens with zero attached hydrogens (tertiary/aromatic N) is 4. The fraction of sp³-hybridized carbons (Fsp3) is 0.667. The van der Waals surface area contributed by atoms with Crippen LogP contribution in [-0.2, 0) is 23.6 Å². The van der Waals surface area contributed by atoms with Gasteiger partial charge in [0.1, 0.15) is 0 Å². The molecule has 0 aromatic carbocycles. The van der Waals surface area contributed by atoms with Crippen molar-refractivity contribution in [3.8, 4) is 0 Å². The second-order valence-electron chi connectivity index (χ2n) is 5.52. The molecule has 7 nitrogen and oxygen atoms in total. The Bertz CT molecular complexity index is 615. The number of halogens is 1. The summed E-state index contributed by atoms with van der Waals surface area (Å²) in [5.74, 6) is 0.935. The molecule has 0 unspecified atom stereocenters. The molecule has 0 saturated heterocycles. The summed E-state index contributed by atoms with van der Waals surface area (Å²) >= 11 is 0. The molecular formula is C15H30IN5O2S. The fourth-order valence-corrected chi connectivity index (χ4v) is 3.07. The summed E-state index contributed by atoms with van der Waals surface area (Å²) < 4.78 is 26.8. The van der Waals surface area contributed by atoms with E-state index in [0.29, 0.717) is 13.1 Å². The molecule has 0 aliphatic rings. The zero-order valence-corrected chi connectivity index (χ0v) is 18.3. The van der Waals surface area contributed by atoms with E-state index in [0.717, 1.165) is 18.9 Å². The highest BCUT2D eigenvalue weighted by Gasteiger charge is 2.14. The van der Waals surface area contributed by atoms with Crippen LogP contribution in [0, 0.1) is 0 Å². The topological polar surface area (TPSA) is 69.9 Å². The highest BCUT2D eigenvalue weighted by molar-refractivity contribution is 14.0. The Morgan fingerprint density at radius 3 is 2.54 bits per heavy atom. The van der Waals surface area contributed by atoms with Crippen LogP contribution < -0.4 is 5.32 Å². The predicted molar refractivity (Wildman–Crippen MR) is 110 cm³/mol. The van der Waals surface area contributed by atoms with E-state index in [1.165, 1.54) is 10.00 Å². The van der Waals surface area contributed by atoms with E-state index < -0.39 is 10.0 Å². The van der Waals surface area contributed by atoms with Gasteiger partial charge in [-0.25, -0.2) is 12.7 Å². The number of nitrogens with one attached hydrogen (secondary N) is 1. The summed E-state index contributed by atoms with van der Waals surface area (Å²) in [6, 6.07) is 4.09. The van der Waals surface area contributed by atoms with E-state index >= 15 is 0 Å². The maximum absolute atomic E-state index is 11.7. The van der Waals surface area contributed by atoms with E-state index in [-0.39, 0.29) is 29.7 Å². The Balaban J connectivity index is 0.00000529. The van der Waals surface area contributed by atoms with Crippen LogP contribution in [-0.4, -0.2) is 68.1 Å². The molecule has 0 fully saturated rings. The number of hydrogen-bond acceptors (Lipinski definition) is 3. The van der Waals surface area contributed by atoms with Crippen molar-refractivity contribution in [1.29, 1.82) is 0 Å². The first-order valence-electron chi connectivity index (χ1n) is 7.77. The number of sulfonamides is 1. The molecule has 0 aliphatic carbocycles. The van der Waals surface area contributed by atoms with Crippen molar-refractivity contribution in [2.24, 2.45) is 12.0 Å². The first-order valence-corrected chi connectivity index (χ1v) is 9.38. The molecule has 1 rings (SSSR count). The van der Waals surface area contributed by atoms with Gasteiger partial charge in [-0.1, -0.05) is 0 Å². The van der Waals surface area contributed by atoms with Crippen molar-refractivity contribution in [1.82, 2.24) is 19.1 Å². The molecule has 140 valence electrons. The van der Waals surface area contributed by atoms with Crippen LogP contribution in [0.2, 0.25) is 0 Å². The minimum atomic E-state index is -3.10. The first-order chi connectivity index (χ1) is 10.8. The minimum absolute atomic E-state index is 0. The monoisotopic (exact) mass is 471 g/mol. The molecule has 0 aliphatic heterocycles. The maximum atomic E-state index is 11.7. The third-order valence-corrected chi connectivity index (χ3v) is 5.66. The number of aromatic nitrogens is 1. The highest BCUT2D eigenvalue weighted by Crippen LogP contribution is 2.04. The first kappa shape index (κ1) is 23.2. The number of rotatable bonds is 8. The van der Waals surface area contributed by atoms with Crippen molar-refractivity contribution in [3.05, 3.63) is 24.0 Å². The van der Waals surface area contributed by atoms with Crippen LogP contribution in [0.3, 0.4) is 0 Å². The standard InChI is InChI=1S/C15H29N5O2S.HI/c1-6-23(21,22)20(5)12-8-10-17-15(16-2)19(4)13-14-9-7-11-18(14)3;/h7,9,11H,6,8,10,12-13H2,1-5H3,(H,16,17);1H. The van der Waals surface area contributed by atoms with Gasteiger partial charge in [0.05, 0.1) is 12.3 Å². The Labute approximate surface area is 163 Å². The van der Waals surface area contributed by atoms with E-state index in [1.807, 2.05) is 31.3 Å². The van der Waals surface area contributed by atoms with Gasteiger partial charge in [-0.15, -0.1) is 24.0 Å². The fourth-order valence-electron chi connectivity index (χ4n) is 2.22. The van der Waals surface area contributed by atoms with Gasteiger partial charge < -0.3 is 14.8 Å². The largest absolute Gasteiger partial charge is 0.356 e. The van der Waals surface area contributed by atoms with E-state index in [2.05, 4.69) is 20.9 Å². The highest BCUT2D eigenvalue weighted by atomic mass is 127. The molecule has 1 heterocycles. The third-order valence-electron chi connectivity index (χ3n) is 3.80. The molecule has 1 aromatic rings. The number of hydrogen-bond donors (Lipinski definition) is 1. The second kappa shape index (κ2) is 10.9. The van der Waals surface area contributed by atoms with Crippen LogP contribution in [0.5, 0.6) is 0 Å². The quantitative estimate of drug-likeness (QED) is 0.269. The van der Waals surface area contributed by atoms with E-state index in [9.17, 15) is 8.42 Å². The Morgan fingerprint density at radius 2 is 2.04 bits per heavy atom. The predicted octanol–water partition coefficient (Wildman–Crippen LogP) is 1.32. The van der Waals surface area contributed by atoms with E-state index in [4.69, 9.17) is 0 Å². The molecule has 1 aromatic heterocycles. The molecule has 0 atom stereocenters. The summed E-state index contributed by atoms with van der Waals surface area (Å²) in [7, 11) is 4.27. The Morgan fingerprint density at radius 1 is 1.38 bits per heavy atom. The van der Waals surface area contributed by atoms with Crippen molar-refractivity contribution in [2.45, 2.75) is 19.9 Å². The van der Waals surface area contributed by atoms with Gasteiger partial charge in [0.25, 0.3) is 0 Å². The third kappa shape index (κ3) is 6.98. The summed E-state index contributed by atoms with van der Waals surface area (Å²) in [5, 5.41) is 3.27. The van der Waals surface area contributed by atoms with Crippen LogP contribution in [0.4, 0.5) is 0 Å². The number of guanidine groups is 1. The van der Waals surface area contributed by atoms with Gasteiger partial charge in [0.15, 0.2) is 5.96 Å². The molecule has 0 saturated carbocycles. The summed E-state index contributed by atoms with van der Waals surface area (Å²) in [6.45, 7) is 3.59. The summed E-state index contributed by atoms with van der Waals surface area (Å²) in [5.41, 5.74) is 1.20. The Hall–Kier alpha value is -0.810. The lowest BCUT2D eigenvalue weighted by Gasteiger charge is -2.23. The van der Waals surface area contributed by atoms with Crippen molar-refractivity contribution in [2.75, 3.05) is 40.0 Å². The normalized spacial score (nSPS) is 12.2. The van der Waals surface area contributed by atoms with Gasteiger partial charge >= 0.3 is 0 Å². The molecule has 24 heavy (non-hydrogen) atoms. The summed E-state index contributed by atoms with van der Waals surface area (Å²) in [6.07, 6.45) is 2.75. The van der Waals surface area contributed by atoms with Gasteiger partial charge in [0.2, 0.25) is 10.0 Å². The lowest BCUT2D eigenvalue weighted by atomic mass is 10.4. The van der Waals surface area contributed by atoms with Crippen LogP contribution in [0.1, 0.15) is 19.0 Å². The van der Waals surface area contributed by atoms with Crippen molar-refractivity contribution < 1.29 is 8.42 Å². The van der Waals surface area contributed by atoms with Crippen molar-refractivity contribution in [3.63, 3.8) is 0 Å². The smallest absolute Gasteiger partial charge is 0.213 e. The average Bonchev–Trinajstić information content (AvgIpc) is 2.92. The molecule has 0 bridgehead atoms. The van der Waals surface area contributed by atoms with Crippen LogP contribution in [0.15, 0.2) is 23.3 Å². The lowest BCUT2D eigenvalue weighted by Crippen LogP contribution is -2.40. The SMILES string of the molecule is CCS(=O)(=O)N(C)CCCNC(=NC)N(C)Cc1cccn1C.I. The molecule has 0 amide bonds. The average molecular weight is 471 g/mol. The maximum Gasteiger partial charge on any atom is 0.213 e. The van der Waals surface area contributed by atoms with Crippen molar-refractivity contribution >= 4 is 40.0 Å². The molecule has 9 heteroatoms. The number of aliphatic imine (C=N–C) groups is 1. The van der Waals surface area contributed by atoms with Gasteiger partial charge in [0, 0.05) is 53.2 Å². The summed E-state index contributed by atoms with van der Waals surface area (Å²) in [4.78, 5) is 6.31. The lowest BCUT2D eigenvalue weighted by molar-refractivity contribution is 0.445. The second-order valence-corrected chi connectivity index (χ2v) is 7.88. The number of aryl methyl sites for hydroxylation is 1. The minimum Gasteiger partial charge on any atom is -0.356 e. The Kier molecular flexibility index (Phi) is 10.6. The zero-order chi connectivity index (χ0) is 17.5.